The second kappa shape index (κ2) is 5.64. The van der Waals surface area contributed by atoms with Gasteiger partial charge in [0.15, 0.2) is 0 Å². The van der Waals surface area contributed by atoms with E-state index in [9.17, 15) is 0 Å². The molecule has 3 nitrogen and oxygen atoms in total. The fraction of sp³-hybridized carbons (Fsp3) is 0.0909. The Morgan fingerprint density at radius 2 is 1.62 bits per heavy atom. The van der Waals surface area contributed by atoms with E-state index in [0.717, 1.165) is 33.6 Å². The van der Waals surface area contributed by atoms with E-state index in [4.69, 9.17) is 10.5 Å². The Hall–Kier alpha value is -2.72. The third-order valence-corrected chi connectivity index (χ3v) is 5.68. The Kier molecular flexibility index (Phi) is 3.37. The minimum absolute atomic E-state index is 0.332. The van der Waals surface area contributed by atoms with Crippen LogP contribution in [0.1, 0.15) is 11.1 Å². The highest BCUT2D eigenvalue weighted by molar-refractivity contribution is 9.10. The van der Waals surface area contributed by atoms with Crippen molar-refractivity contribution in [3.05, 3.63) is 94.2 Å². The number of ether oxygens (including phenoxy) is 1. The third-order valence-electron chi connectivity index (χ3n) is 5.18. The molecule has 3 aromatic carbocycles. The molecule has 2 aliphatic rings. The molecule has 2 heterocycles. The van der Waals surface area contributed by atoms with Gasteiger partial charge in [-0.3, -0.25) is 0 Å². The molecule has 2 aliphatic heterocycles. The van der Waals surface area contributed by atoms with Crippen LogP contribution in [0.25, 0.3) is 11.1 Å². The van der Waals surface area contributed by atoms with Gasteiger partial charge in [0.2, 0.25) is 0 Å². The Labute approximate surface area is 160 Å². The predicted octanol–water partition coefficient (Wildman–Crippen LogP) is 4.91. The second-order valence-corrected chi connectivity index (χ2v) is 7.66. The molecule has 0 aromatic heterocycles. The molecule has 26 heavy (non-hydrogen) atoms. The van der Waals surface area contributed by atoms with Crippen LogP contribution in [0.4, 0.5) is 0 Å². The number of rotatable bonds is 1. The van der Waals surface area contributed by atoms with Gasteiger partial charge in [-0.1, -0.05) is 52.3 Å². The fourth-order valence-corrected chi connectivity index (χ4v) is 4.30. The molecular weight excluding hydrogens is 388 g/mol. The lowest BCUT2D eigenvalue weighted by Crippen LogP contribution is -2.34. The van der Waals surface area contributed by atoms with Crippen molar-refractivity contribution in [1.82, 2.24) is 5.32 Å². The van der Waals surface area contributed by atoms with Crippen LogP contribution in [0.5, 0.6) is 11.5 Å². The smallest absolute Gasteiger partial charge is 0.132 e. The van der Waals surface area contributed by atoms with Gasteiger partial charge >= 0.3 is 0 Å². The Morgan fingerprint density at radius 1 is 0.885 bits per heavy atom. The number of fused-ring (bicyclic) bond motifs is 4. The molecule has 0 unspecified atom stereocenters. The van der Waals surface area contributed by atoms with Gasteiger partial charge in [0, 0.05) is 22.1 Å². The van der Waals surface area contributed by atoms with E-state index < -0.39 is 0 Å². The molecule has 0 amide bonds. The van der Waals surface area contributed by atoms with Crippen LogP contribution < -0.4 is 15.8 Å². The van der Waals surface area contributed by atoms with Gasteiger partial charge in [-0.2, -0.15) is 0 Å². The molecular formula is C22H17BrN2O. The van der Waals surface area contributed by atoms with Crippen molar-refractivity contribution in [3.63, 3.8) is 0 Å². The van der Waals surface area contributed by atoms with Gasteiger partial charge < -0.3 is 15.8 Å². The zero-order valence-electron chi connectivity index (χ0n) is 14.0. The molecule has 128 valence electrons. The molecule has 0 fully saturated rings. The van der Waals surface area contributed by atoms with Crippen molar-refractivity contribution < 1.29 is 4.74 Å². The third kappa shape index (κ3) is 2.26. The van der Waals surface area contributed by atoms with Gasteiger partial charge in [-0.15, -0.1) is 0 Å². The first-order valence-corrected chi connectivity index (χ1v) is 9.35. The van der Waals surface area contributed by atoms with Gasteiger partial charge in [0.25, 0.3) is 0 Å². The number of hydrogen-bond acceptors (Lipinski definition) is 3. The number of nitrogens with two attached hydrogens (primary N) is 1. The molecule has 4 heteroatoms. The zero-order valence-corrected chi connectivity index (χ0v) is 15.6. The van der Waals surface area contributed by atoms with Crippen molar-refractivity contribution in [2.45, 2.75) is 5.41 Å². The number of hydrogen-bond donors (Lipinski definition) is 2. The van der Waals surface area contributed by atoms with Crippen LogP contribution in [-0.4, -0.2) is 6.54 Å². The van der Waals surface area contributed by atoms with Gasteiger partial charge in [0.1, 0.15) is 11.5 Å². The summed E-state index contributed by atoms with van der Waals surface area (Å²) in [6.45, 7) is 0.719. The van der Waals surface area contributed by atoms with Crippen LogP contribution in [0.3, 0.4) is 0 Å². The van der Waals surface area contributed by atoms with E-state index in [2.05, 4.69) is 75.9 Å². The first kappa shape index (κ1) is 15.5. The van der Waals surface area contributed by atoms with E-state index in [1.165, 1.54) is 11.1 Å². The molecule has 3 aromatic rings. The summed E-state index contributed by atoms with van der Waals surface area (Å²) in [5.74, 6) is 2.46. The van der Waals surface area contributed by atoms with Crippen molar-refractivity contribution in [2.24, 2.45) is 5.73 Å². The van der Waals surface area contributed by atoms with E-state index >= 15 is 0 Å². The highest BCUT2D eigenvalue weighted by Crippen LogP contribution is 2.51. The lowest BCUT2D eigenvalue weighted by atomic mass is 9.72. The number of halogens is 1. The largest absolute Gasteiger partial charge is 0.457 e. The first-order valence-electron chi connectivity index (χ1n) is 8.56. The summed E-state index contributed by atoms with van der Waals surface area (Å²) >= 11 is 3.60. The normalized spacial score (nSPS) is 20.0. The molecule has 0 saturated heterocycles. The number of nitrogens with one attached hydrogen (secondary N) is 1. The van der Waals surface area contributed by atoms with Crippen LogP contribution in [0.15, 0.2) is 83.1 Å². The van der Waals surface area contributed by atoms with Crippen LogP contribution >= 0.6 is 15.9 Å². The number of benzene rings is 3. The molecule has 3 N–H and O–H groups in total. The molecule has 0 saturated carbocycles. The van der Waals surface area contributed by atoms with Crippen molar-refractivity contribution in [1.29, 1.82) is 0 Å². The zero-order chi connectivity index (χ0) is 17.7. The highest BCUT2D eigenvalue weighted by Gasteiger charge is 2.43. The summed E-state index contributed by atoms with van der Waals surface area (Å²) in [5, 5.41) is 3.31. The van der Waals surface area contributed by atoms with Gasteiger partial charge in [-0.05, 0) is 47.5 Å². The Balaban J connectivity index is 1.76. The molecule has 0 bridgehead atoms. The van der Waals surface area contributed by atoms with E-state index in [0.29, 0.717) is 5.82 Å². The van der Waals surface area contributed by atoms with Crippen molar-refractivity contribution in [3.8, 4) is 22.6 Å². The first-order chi connectivity index (χ1) is 12.7. The Bertz CT molecular complexity index is 1050. The molecule has 0 aliphatic carbocycles. The maximum absolute atomic E-state index is 6.23. The van der Waals surface area contributed by atoms with Crippen molar-refractivity contribution in [2.75, 3.05) is 6.54 Å². The summed E-state index contributed by atoms with van der Waals surface area (Å²) < 4.78 is 7.26. The second-order valence-electron chi connectivity index (χ2n) is 6.74. The lowest BCUT2D eigenvalue weighted by molar-refractivity contribution is 0.424. The highest BCUT2D eigenvalue weighted by atomic mass is 79.9. The standard InChI is InChI=1S/C22H17BrN2O/c23-16-7-9-20-18(11-16)22(12-21(24)25-13-22)17-10-15(6-8-19(17)26-20)14-4-2-1-3-5-14/h1-12,25H,13,24H2/t22-/m1/s1. The van der Waals surface area contributed by atoms with Gasteiger partial charge in [0.05, 0.1) is 11.2 Å². The summed E-state index contributed by atoms with van der Waals surface area (Å²) in [6, 6.07) is 22.9. The maximum atomic E-state index is 6.23. The minimum Gasteiger partial charge on any atom is -0.457 e. The van der Waals surface area contributed by atoms with E-state index in [1.807, 2.05) is 18.2 Å². The summed E-state index contributed by atoms with van der Waals surface area (Å²) in [4.78, 5) is 0. The molecule has 0 radical (unpaired) electrons. The van der Waals surface area contributed by atoms with Crippen LogP contribution in [0.2, 0.25) is 0 Å². The minimum atomic E-state index is -0.332. The lowest BCUT2D eigenvalue weighted by Gasteiger charge is -2.36. The quantitative estimate of drug-likeness (QED) is 0.605. The molecule has 5 rings (SSSR count). The van der Waals surface area contributed by atoms with Gasteiger partial charge in [-0.25, -0.2) is 0 Å². The van der Waals surface area contributed by atoms with Crippen LogP contribution in [0, 0.1) is 0 Å². The van der Waals surface area contributed by atoms with Crippen LogP contribution in [-0.2, 0) is 5.41 Å². The molecule has 1 atom stereocenters. The topological polar surface area (TPSA) is 47.3 Å². The Morgan fingerprint density at radius 3 is 2.35 bits per heavy atom. The van der Waals surface area contributed by atoms with Crippen molar-refractivity contribution >= 4 is 15.9 Å². The predicted molar refractivity (Wildman–Crippen MR) is 107 cm³/mol. The maximum Gasteiger partial charge on any atom is 0.132 e. The summed E-state index contributed by atoms with van der Waals surface area (Å²) in [7, 11) is 0. The summed E-state index contributed by atoms with van der Waals surface area (Å²) in [6.07, 6.45) is 2.12. The van der Waals surface area contributed by atoms with E-state index in [-0.39, 0.29) is 5.41 Å². The average Bonchev–Trinajstić information content (AvgIpc) is 3.06. The SMILES string of the molecule is NC1=C[C@]2(CN1)c1cc(Br)ccc1Oc1ccc(-c3ccccc3)cc12. The average molecular weight is 405 g/mol. The monoisotopic (exact) mass is 404 g/mol. The van der Waals surface area contributed by atoms with E-state index in [1.54, 1.807) is 0 Å². The molecule has 1 spiro atoms. The summed E-state index contributed by atoms with van der Waals surface area (Å²) in [5.41, 5.74) is 10.4. The fourth-order valence-electron chi connectivity index (χ4n) is 3.94.